The molecule has 0 fully saturated rings. The molecule has 20 heavy (non-hydrogen) atoms. The average molecular weight is 294 g/mol. The monoisotopic (exact) mass is 293 g/mol. The van der Waals surface area contributed by atoms with Crippen molar-refractivity contribution in [1.82, 2.24) is 0 Å². The summed E-state index contributed by atoms with van der Waals surface area (Å²) in [5.41, 5.74) is 1.05. The lowest BCUT2D eigenvalue weighted by molar-refractivity contribution is -0.141. The van der Waals surface area contributed by atoms with Crippen molar-refractivity contribution in [3.05, 3.63) is 64.9 Å². The van der Waals surface area contributed by atoms with Crippen LogP contribution in [0.15, 0.2) is 48.5 Å². The van der Waals surface area contributed by atoms with Crippen LogP contribution in [0.1, 0.15) is 11.6 Å². The van der Waals surface area contributed by atoms with Gasteiger partial charge in [-0.2, -0.15) is 0 Å². The van der Waals surface area contributed by atoms with Crippen LogP contribution in [0, 0.1) is 5.82 Å². The number of rotatable bonds is 4. The van der Waals surface area contributed by atoms with Gasteiger partial charge in [0.15, 0.2) is 6.04 Å². The molecule has 0 aliphatic carbocycles. The Kier molecular flexibility index (Phi) is 4.58. The third-order valence-corrected chi connectivity index (χ3v) is 3.12. The average Bonchev–Trinajstić information content (AvgIpc) is 2.45. The summed E-state index contributed by atoms with van der Waals surface area (Å²) >= 11 is 6.05. The Bertz CT molecular complexity index is 618. The first-order valence-electron chi connectivity index (χ1n) is 5.96. The molecular formula is C15H13ClFNO2. The predicted molar refractivity (Wildman–Crippen MR) is 76.2 cm³/mol. The summed E-state index contributed by atoms with van der Waals surface area (Å²) in [4.78, 5) is 11.9. The number of ether oxygens (including phenoxy) is 1. The number of nitrogens with one attached hydrogen (secondary N) is 1. The third-order valence-electron chi connectivity index (χ3n) is 2.79. The summed E-state index contributed by atoms with van der Waals surface area (Å²) in [6.07, 6.45) is 0. The maximum atomic E-state index is 13.3. The molecule has 0 amide bonds. The minimum atomic E-state index is -0.824. The van der Waals surface area contributed by atoms with Gasteiger partial charge in [-0.1, -0.05) is 35.9 Å². The van der Waals surface area contributed by atoms with Crippen molar-refractivity contribution in [2.24, 2.45) is 0 Å². The van der Waals surface area contributed by atoms with Gasteiger partial charge in [-0.05, 0) is 29.8 Å². The van der Waals surface area contributed by atoms with Crippen LogP contribution in [0.3, 0.4) is 0 Å². The van der Waals surface area contributed by atoms with E-state index in [9.17, 15) is 9.18 Å². The van der Waals surface area contributed by atoms with Crippen molar-refractivity contribution < 1.29 is 13.9 Å². The predicted octanol–water partition coefficient (Wildman–Crippen LogP) is 3.81. The van der Waals surface area contributed by atoms with Crippen LogP contribution >= 0.6 is 11.6 Å². The number of carbonyl (C=O) groups is 1. The smallest absolute Gasteiger partial charge is 0.332 e. The Labute approximate surface area is 121 Å². The Balaban J connectivity index is 2.34. The second kappa shape index (κ2) is 6.39. The maximum Gasteiger partial charge on any atom is 0.332 e. The van der Waals surface area contributed by atoms with Gasteiger partial charge in [-0.3, -0.25) is 0 Å². The molecular weight excluding hydrogens is 281 g/mol. The molecule has 0 aromatic heterocycles. The highest BCUT2D eigenvalue weighted by molar-refractivity contribution is 6.33. The molecule has 1 N–H and O–H groups in total. The number of halogens is 2. The van der Waals surface area contributed by atoms with Crippen LogP contribution in [-0.2, 0) is 9.53 Å². The Morgan fingerprint density at radius 3 is 2.65 bits per heavy atom. The fraction of sp³-hybridized carbons (Fsp3) is 0.133. The molecule has 2 rings (SSSR count). The first kappa shape index (κ1) is 14.3. The number of carbonyl (C=O) groups excluding carboxylic acids is 1. The number of anilines is 1. The zero-order chi connectivity index (χ0) is 14.5. The van der Waals surface area contributed by atoms with E-state index in [0.717, 1.165) is 0 Å². The number of esters is 1. The normalized spacial score (nSPS) is 11.8. The zero-order valence-electron chi connectivity index (χ0n) is 10.8. The molecule has 0 spiro atoms. The summed E-state index contributed by atoms with van der Waals surface area (Å²) in [6, 6.07) is 12.0. The van der Waals surface area contributed by atoms with E-state index in [1.54, 1.807) is 30.3 Å². The van der Waals surface area contributed by atoms with Gasteiger partial charge in [-0.15, -0.1) is 0 Å². The van der Waals surface area contributed by atoms with E-state index in [0.29, 0.717) is 16.3 Å². The van der Waals surface area contributed by atoms with E-state index in [1.807, 2.05) is 0 Å². The molecule has 0 bridgehead atoms. The highest BCUT2D eigenvalue weighted by atomic mass is 35.5. The molecule has 0 heterocycles. The lowest BCUT2D eigenvalue weighted by Crippen LogP contribution is -2.22. The standard InChI is InChI=1S/C15H13ClFNO2/c1-20-15(19)14(10-5-4-6-11(17)9-10)18-13-8-3-2-7-12(13)16/h2-9,14,18H,1H3. The fourth-order valence-corrected chi connectivity index (χ4v) is 2.01. The molecule has 2 aromatic carbocycles. The van der Waals surface area contributed by atoms with Gasteiger partial charge >= 0.3 is 5.97 Å². The van der Waals surface area contributed by atoms with E-state index in [2.05, 4.69) is 5.32 Å². The van der Waals surface area contributed by atoms with Crippen LogP contribution in [-0.4, -0.2) is 13.1 Å². The summed E-state index contributed by atoms with van der Waals surface area (Å²) < 4.78 is 18.1. The van der Waals surface area contributed by atoms with Gasteiger partial charge in [0.05, 0.1) is 17.8 Å². The number of para-hydroxylation sites is 1. The molecule has 3 nitrogen and oxygen atoms in total. The van der Waals surface area contributed by atoms with Crippen molar-refractivity contribution in [2.75, 3.05) is 12.4 Å². The minimum Gasteiger partial charge on any atom is -0.467 e. The van der Waals surface area contributed by atoms with Crippen LogP contribution in [0.25, 0.3) is 0 Å². The Morgan fingerprint density at radius 1 is 1.25 bits per heavy atom. The minimum absolute atomic E-state index is 0.419. The number of benzene rings is 2. The summed E-state index contributed by atoms with van der Waals surface area (Å²) in [5, 5.41) is 3.44. The first-order chi connectivity index (χ1) is 9.61. The van der Waals surface area contributed by atoms with Crippen molar-refractivity contribution in [3.8, 4) is 0 Å². The van der Waals surface area contributed by atoms with Gasteiger partial charge in [0, 0.05) is 0 Å². The zero-order valence-corrected chi connectivity index (χ0v) is 11.5. The van der Waals surface area contributed by atoms with Crippen LogP contribution < -0.4 is 5.32 Å². The molecule has 0 saturated carbocycles. The second-order valence-electron chi connectivity index (χ2n) is 4.14. The second-order valence-corrected chi connectivity index (χ2v) is 4.54. The van der Waals surface area contributed by atoms with Gasteiger partial charge < -0.3 is 10.1 Å². The van der Waals surface area contributed by atoms with E-state index in [1.165, 1.54) is 25.3 Å². The third kappa shape index (κ3) is 3.27. The molecule has 0 aliphatic rings. The van der Waals surface area contributed by atoms with Crippen molar-refractivity contribution in [1.29, 1.82) is 0 Å². The van der Waals surface area contributed by atoms with Crippen molar-refractivity contribution in [3.63, 3.8) is 0 Å². The first-order valence-corrected chi connectivity index (χ1v) is 6.34. The molecule has 5 heteroatoms. The van der Waals surface area contributed by atoms with E-state index >= 15 is 0 Å². The molecule has 0 aliphatic heterocycles. The molecule has 2 aromatic rings. The van der Waals surface area contributed by atoms with Crippen LogP contribution in [0.5, 0.6) is 0 Å². The van der Waals surface area contributed by atoms with E-state index in [4.69, 9.17) is 16.3 Å². The lowest BCUT2D eigenvalue weighted by Gasteiger charge is -2.18. The molecule has 104 valence electrons. The Hall–Kier alpha value is -2.07. The van der Waals surface area contributed by atoms with Gasteiger partial charge in [0.25, 0.3) is 0 Å². The van der Waals surface area contributed by atoms with Crippen LogP contribution in [0.2, 0.25) is 5.02 Å². The maximum absolute atomic E-state index is 13.3. The molecule has 1 atom stereocenters. The number of hydrogen-bond acceptors (Lipinski definition) is 3. The largest absolute Gasteiger partial charge is 0.467 e. The summed E-state index contributed by atoms with van der Waals surface area (Å²) in [5.74, 6) is -0.937. The molecule has 0 saturated heterocycles. The van der Waals surface area contributed by atoms with Gasteiger partial charge in [-0.25, -0.2) is 9.18 Å². The highest BCUT2D eigenvalue weighted by Crippen LogP contribution is 2.27. The summed E-state index contributed by atoms with van der Waals surface area (Å²) in [6.45, 7) is 0. The topological polar surface area (TPSA) is 38.3 Å². The molecule has 1 unspecified atom stereocenters. The highest BCUT2D eigenvalue weighted by Gasteiger charge is 2.22. The quantitative estimate of drug-likeness (QED) is 0.871. The summed E-state index contributed by atoms with van der Waals surface area (Å²) in [7, 11) is 1.28. The van der Waals surface area contributed by atoms with Gasteiger partial charge in [0.1, 0.15) is 5.82 Å². The Morgan fingerprint density at radius 2 is 2.00 bits per heavy atom. The fourth-order valence-electron chi connectivity index (χ4n) is 1.82. The van der Waals surface area contributed by atoms with E-state index < -0.39 is 17.8 Å². The van der Waals surface area contributed by atoms with E-state index in [-0.39, 0.29) is 0 Å². The van der Waals surface area contributed by atoms with Gasteiger partial charge in [0.2, 0.25) is 0 Å². The van der Waals surface area contributed by atoms with Crippen molar-refractivity contribution in [2.45, 2.75) is 6.04 Å². The number of methoxy groups -OCH3 is 1. The van der Waals surface area contributed by atoms with Crippen LogP contribution in [0.4, 0.5) is 10.1 Å². The SMILES string of the molecule is COC(=O)C(Nc1ccccc1Cl)c1cccc(F)c1. The molecule has 0 radical (unpaired) electrons. The number of hydrogen-bond donors (Lipinski definition) is 1. The van der Waals surface area contributed by atoms with Crippen molar-refractivity contribution >= 4 is 23.3 Å². The lowest BCUT2D eigenvalue weighted by atomic mass is 10.1.